The van der Waals surface area contributed by atoms with E-state index in [9.17, 15) is 9.59 Å². The fraction of sp³-hybridized carbons (Fsp3) is 0.727. The molecule has 1 saturated carbocycles. The van der Waals surface area contributed by atoms with Crippen LogP contribution in [0.4, 0.5) is 0 Å². The number of rotatable bonds is 9. The average molecular weight is 367 g/mol. The summed E-state index contributed by atoms with van der Waals surface area (Å²) in [6.07, 6.45) is 13.0. The Hall–Kier alpha value is -1.58. The Kier molecular flexibility index (Phi) is 14.7. The van der Waals surface area contributed by atoms with Crippen LogP contribution in [0.5, 0.6) is 0 Å². The molecule has 26 heavy (non-hydrogen) atoms. The number of hydrogen-bond acceptors (Lipinski definition) is 4. The molecule has 1 rings (SSSR count). The van der Waals surface area contributed by atoms with Crippen molar-refractivity contribution in [3.05, 3.63) is 23.8 Å². The van der Waals surface area contributed by atoms with Crippen LogP contribution in [0.25, 0.3) is 0 Å². The summed E-state index contributed by atoms with van der Waals surface area (Å²) in [7, 11) is 0. The van der Waals surface area contributed by atoms with Crippen molar-refractivity contribution in [2.24, 2.45) is 0 Å². The SMILES string of the molecule is C=C(C)C(=O)OC1CCCCC1.CC=C(CC)C(=O)OCCCCCC. The summed E-state index contributed by atoms with van der Waals surface area (Å²) in [6.45, 7) is 11.8. The molecule has 1 aliphatic carbocycles. The van der Waals surface area contributed by atoms with E-state index >= 15 is 0 Å². The van der Waals surface area contributed by atoms with E-state index in [1.165, 1.54) is 32.1 Å². The second-order valence-corrected chi connectivity index (χ2v) is 6.81. The van der Waals surface area contributed by atoms with Gasteiger partial charge in [0.15, 0.2) is 0 Å². The summed E-state index contributed by atoms with van der Waals surface area (Å²) in [4.78, 5) is 22.4. The third-order valence-corrected chi connectivity index (χ3v) is 4.40. The van der Waals surface area contributed by atoms with Crippen molar-refractivity contribution < 1.29 is 19.1 Å². The highest BCUT2D eigenvalue weighted by Gasteiger charge is 2.17. The Morgan fingerprint density at radius 1 is 1.04 bits per heavy atom. The summed E-state index contributed by atoms with van der Waals surface area (Å²) in [5.41, 5.74) is 1.28. The van der Waals surface area contributed by atoms with Gasteiger partial charge in [-0.1, -0.05) is 52.2 Å². The molecule has 0 atom stereocenters. The number of hydrogen-bond donors (Lipinski definition) is 0. The third-order valence-electron chi connectivity index (χ3n) is 4.40. The van der Waals surface area contributed by atoms with Crippen LogP contribution in [-0.4, -0.2) is 24.6 Å². The Labute approximate surface area is 160 Å². The molecule has 0 unspecified atom stereocenters. The van der Waals surface area contributed by atoms with Crippen molar-refractivity contribution in [1.82, 2.24) is 0 Å². The van der Waals surface area contributed by atoms with Gasteiger partial charge >= 0.3 is 11.9 Å². The standard InChI is InChI=1S/C12H22O2.C10H16O2/c1-4-7-8-9-10-14-12(13)11(5-2)6-3;1-8(2)10(11)12-9-6-4-3-5-7-9/h5H,4,6-10H2,1-3H3;9H,1,3-7H2,2H3. The number of allylic oxidation sites excluding steroid dienone is 1. The van der Waals surface area contributed by atoms with Crippen LogP contribution in [0.3, 0.4) is 0 Å². The van der Waals surface area contributed by atoms with E-state index in [0.717, 1.165) is 37.7 Å². The summed E-state index contributed by atoms with van der Waals surface area (Å²) in [5, 5.41) is 0. The van der Waals surface area contributed by atoms with Crippen LogP contribution < -0.4 is 0 Å². The summed E-state index contributed by atoms with van der Waals surface area (Å²) in [6, 6.07) is 0. The maximum Gasteiger partial charge on any atom is 0.333 e. The molecule has 0 aromatic rings. The van der Waals surface area contributed by atoms with Gasteiger partial charge in [-0.15, -0.1) is 0 Å². The molecule has 1 fully saturated rings. The van der Waals surface area contributed by atoms with Crippen molar-refractivity contribution in [3.8, 4) is 0 Å². The van der Waals surface area contributed by atoms with E-state index in [1.807, 2.05) is 19.9 Å². The summed E-state index contributed by atoms with van der Waals surface area (Å²) in [5.74, 6) is -0.381. The zero-order valence-corrected chi connectivity index (χ0v) is 17.3. The number of carbonyl (C=O) groups is 2. The summed E-state index contributed by atoms with van der Waals surface area (Å²) >= 11 is 0. The monoisotopic (exact) mass is 366 g/mol. The molecule has 0 bridgehead atoms. The lowest BCUT2D eigenvalue weighted by Gasteiger charge is -2.21. The Morgan fingerprint density at radius 2 is 1.69 bits per heavy atom. The van der Waals surface area contributed by atoms with E-state index in [0.29, 0.717) is 12.2 Å². The fourth-order valence-corrected chi connectivity index (χ4v) is 2.69. The number of esters is 2. The van der Waals surface area contributed by atoms with Crippen molar-refractivity contribution >= 4 is 11.9 Å². The highest BCUT2D eigenvalue weighted by molar-refractivity contribution is 5.88. The molecule has 0 saturated heterocycles. The van der Waals surface area contributed by atoms with Crippen LogP contribution in [0.1, 0.15) is 91.9 Å². The topological polar surface area (TPSA) is 52.6 Å². The zero-order chi connectivity index (χ0) is 19.8. The molecule has 0 spiro atoms. The van der Waals surface area contributed by atoms with E-state index in [-0.39, 0.29) is 18.0 Å². The lowest BCUT2D eigenvalue weighted by atomic mass is 9.98. The first kappa shape index (κ1) is 24.4. The molecule has 0 heterocycles. The first-order valence-electron chi connectivity index (χ1n) is 10.1. The second kappa shape index (κ2) is 15.7. The number of unbranched alkanes of at least 4 members (excludes halogenated alkanes) is 3. The van der Waals surface area contributed by atoms with Crippen LogP contribution in [0.2, 0.25) is 0 Å². The Morgan fingerprint density at radius 3 is 2.19 bits per heavy atom. The van der Waals surface area contributed by atoms with Crippen molar-refractivity contribution in [1.29, 1.82) is 0 Å². The highest BCUT2D eigenvalue weighted by atomic mass is 16.5. The van der Waals surface area contributed by atoms with Crippen molar-refractivity contribution in [2.75, 3.05) is 6.61 Å². The number of carbonyl (C=O) groups excluding carboxylic acids is 2. The van der Waals surface area contributed by atoms with E-state index in [1.54, 1.807) is 6.92 Å². The lowest BCUT2D eigenvalue weighted by Crippen LogP contribution is -2.20. The van der Waals surface area contributed by atoms with Gasteiger partial charge in [-0.25, -0.2) is 9.59 Å². The maximum atomic E-state index is 11.3. The second-order valence-electron chi connectivity index (χ2n) is 6.81. The minimum Gasteiger partial charge on any atom is -0.462 e. The van der Waals surface area contributed by atoms with Gasteiger partial charge < -0.3 is 9.47 Å². The van der Waals surface area contributed by atoms with Gasteiger partial charge in [0.25, 0.3) is 0 Å². The smallest absolute Gasteiger partial charge is 0.333 e. The zero-order valence-electron chi connectivity index (χ0n) is 17.3. The molecule has 1 aliphatic rings. The molecular weight excluding hydrogens is 328 g/mol. The molecule has 0 amide bonds. The third kappa shape index (κ3) is 11.9. The van der Waals surface area contributed by atoms with Gasteiger partial charge in [0.1, 0.15) is 6.10 Å². The van der Waals surface area contributed by atoms with E-state index in [4.69, 9.17) is 9.47 Å². The average Bonchev–Trinajstić information content (AvgIpc) is 2.64. The molecule has 0 aromatic carbocycles. The van der Waals surface area contributed by atoms with Gasteiger partial charge in [-0.05, 0) is 52.4 Å². The van der Waals surface area contributed by atoms with Crippen molar-refractivity contribution in [3.63, 3.8) is 0 Å². The minimum absolute atomic E-state index is 0.147. The van der Waals surface area contributed by atoms with E-state index in [2.05, 4.69) is 13.5 Å². The molecule has 0 aliphatic heterocycles. The van der Waals surface area contributed by atoms with Gasteiger partial charge in [-0.3, -0.25) is 0 Å². The van der Waals surface area contributed by atoms with Crippen LogP contribution in [-0.2, 0) is 19.1 Å². The molecule has 4 heteroatoms. The van der Waals surface area contributed by atoms with Gasteiger partial charge in [0.05, 0.1) is 6.61 Å². The van der Waals surface area contributed by atoms with Crippen molar-refractivity contribution in [2.45, 2.75) is 98.0 Å². The highest BCUT2D eigenvalue weighted by Crippen LogP contribution is 2.20. The maximum absolute atomic E-state index is 11.3. The molecule has 150 valence electrons. The Bertz CT molecular complexity index is 445. The molecule has 4 nitrogen and oxygen atoms in total. The number of ether oxygens (including phenoxy) is 2. The minimum atomic E-state index is -0.234. The fourth-order valence-electron chi connectivity index (χ4n) is 2.69. The molecule has 0 N–H and O–H groups in total. The molecule has 0 aromatic heterocycles. The van der Waals surface area contributed by atoms with Crippen LogP contribution in [0, 0.1) is 0 Å². The quantitative estimate of drug-likeness (QED) is 0.289. The van der Waals surface area contributed by atoms with Gasteiger partial charge in [0.2, 0.25) is 0 Å². The first-order chi connectivity index (χ1) is 12.5. The Balaban J connectivity index is 0.000000485. The molecular formula is C22H38O4. The van der Waals surface area contributed by atoms with Gasteiger partial charge in [0, 0.05) is 11.1 Å². The van der Waals surface area contributed by atoms with Crippen LogP contribution in [0.15, 0.2) is 23.8 Å². The predicted octanol–water partition coefficient (Wildman–Crippen LogP) is 5.90. The van der Waals surface area contributed by atoms with Crippen LogP contribution >= 0.6 is 0 Å². The normalized spacial score (nSPS) is 14.8. The predicted molar refractivity (Wildman–Crippen MR) is 107 cm³/mol. The lowest BCUT2D eigenvalue weighted by molar-refractivity contribution is -0.145. The largest absolute Gasteiger partial charge is 0.462 e. The summed E-state index contributed by atoms with van der Waals surface area (Å²) < 4.78 is 10.3. The first-order valence-corrected chi connectivity index (χ1v) is 10.1. The molecule has 0 radical (unpaired) electrons. The van der Waals surface area contributed by atoms with E-state index < -0.39 is 0 Å². The van der Waals surface area contributed by atoms with Gasteiger partial charge in [-0.2, -0.15) is 0 Å².